The minimum atomic E-state index is -1.02. The molecular formula is C17H18FN3O. The molecule has 0 saturated heterocycles. The van der Waals surface area contributed by atoms with Gasteiger partial charge in [0.15, 0.2) is 5.65 Å². The summed E-state index contributed by atoms with van der Waals surface area (Å²) in [6.45, 7) is 4.81. The smallest absolute Gasteiger partial charge is 0.165 e. The van der Waals surface area contributed by atoms with Gasteiger partial charge in [0.25, 0.3) is 0 Å². The molecule has 114 valence electrons. The first-order valence-corrected chi connectivity index (χ1v) is 7.14. The number of aliphatic hydroxyl groups is 1. The second-order valence-corrected chi connectivity index (χ2v) is 5.89. The van der Waals surface area contributed by atoms with Crippen molar-refractivity contribution in [2.75, 3.05) is 0 Å². The highest BCUT2D eigenvalue weighted by Gasteiger charge is 2.20. The molecule has 1 N–H and O–H groups in total. The quantitative estimate of drug-likeness (QED) is 0.806. The molecule has 0 bridgehead atoms. The zero-order valence-electron chi connectivity index (χ0n) is 12.8. The monoisotopic (exact) mass is 299 g/mol. The van der Waals surface area contributed by atoms with Gasteiger partial charge in [0.2, 0.25) is 0 Å². The summed E-state index contributed by atoms with van der Waals surface area (Å²) in [6.07, 6.45) is 0. The standard InChI is InChI=1S/C17H18FN3O/c1-11-19-14-8-9-15(17(2,3)22)20-16(14)21(11)13-6-4-12(10-18)5-7-13/h4-9,22H,10H2,1-3H3. The molecular weight excluding hydrogens is 281 g/mol. The van der Waals surface area contributed by atoms with Crippen molar-refractivity contribution < 1.29 is 9.50 Å². The number of fused-ring (bicyclic) bond motifs is 1. The average molecular weight is 299 g/mol. The van der Waals surface area contributed by atoms with E-state index in [9.17, 15) is 9.50 Å². The summed E-state index contributed by atoms with van der Waals surface area (Å²) in [5.41, 5.74) is 2.52. The Kier molecular flexibility index (Phi) is 3.45. The van der Waals surface area contributed by atoms with Crippen LogP contribution < -0.4 is 0 Å². The molecule has 4 nitrogen and oxygen atoms in total. The van der Waals surface area contributed by atoms with Crippen LogP contribution in [-0.2, 0) is 12.3 Å². The average Bonchev–Trinajstić information content (AvgIpc) is 2.81. The van der Waals surface area contributed by atoms with Crippen molar-refractivity contribution in [3.05, 3.63) is 53.5 Å². The first kappa shape index (κ1) is 14.7. The Morgan fingerprint density at radius 2 is 1.77 bits per heavy atom. The van der Waals surface area contributed by atoms with Crippen molar-refractivity contribution >= 4 is 11.2 Å². The number of nitrogens with zero attached hydrogens (tertiary/aromatic N) is 3. The number of aryl methyl sites for hydroxylation is 1. The summed E-state index contributed by atoms with van der Waals surface area (Å²) >= 11 is 0. The second-order valence-electron chi connectivity index (χ2n) is 5.89. The number of alkyl halides is 1. The third kappa shape index (κ3) is 2.48. The van der Waals surface area contributed by atoms with Crippen molar-refractivity contribution in [2.24, 2.45) is 0 Å². The van der Waals surface area contributed by atoms with E-state index in [1.807, 2.05) is 29.7 Å². The Hall–Kier alpha value is -2.27. The van der Waals surface area contributed by atoms with Gasteiger partial charge in [0.1, 0.15) is 23.6 Å². The van der Waals surface area contributed by atoms with E-state index < -0.39 is 12.3 Å². The Morgan fingerprint density at radius 3 is 2.36 bits per heavy atom. The van der Waals surface area contributed by atoms with E-state index in [1.54, 1.807) is 32.0 Å². The van der Waals surface area contributed by atoms with E-state index in [-0.39, 0.29) is 0 Å². The van der Waals surface area contributed by atoms with Gasteiger partial charge in [-0.1, -0.05) is 12.1 Å². The molecule has 0 saturated carbocycles. The largest absolute Gasteiger partial charge is 0.384 e. The van der Waals surface area contributed by atoms with Crippen LogP contribution in [-0.4, -0.2) is 19.6 Å². The van der Waals surface area contributed by atoms with E-state index in [1.165, 1.54) is 0 Å². The van der Waals surface area contributed by atoms with Crippen LogP contribution in [0.1, 0.15) is 30.9 Å². The van der Waals surface area contributed by atoms with Crippen molar-refractivity contribution in [1.29, 1.82) is 0 Å². The van der Waals surface area contributed by atoms with E-state index in [0.29, 0.717) is 16.9 Å². The molecule has 0 aliphatic rings. The van der Waals surface area contributed by atoms with Crippen LogP contribution in [0, 0.1) is 6.92 Å². The fraction of sp³-hybridized carbons (Fsp3) is 0.294. The van der Waals surface area contributed by atoms with Crippen LogP contribution in [0.3, 0.4) is 0 Å². The Balaban J connectivity index is 2.20. The van der Waals surface area contributed by atoms with Gasteiger partial charge in [-0.2, -0.15) is 0 Å². The molecule has 22 heavy (non-hydrogen) atoms. The Labute approximate surface area is 128 Å². The van der Waals surface area contributed by atoms with Gasteiger partial charge in [0.05, 0.1) is 5.69 Å². The highest BCUT2D eigenvalue weighted by Crippen LogP contribution is 2.24. The molecule has 0 radical (unpaired) electrons. The molecule has 0 unspecified atom stereocenters. The van der Waals surface area contributed by atoms with E-state index >= 15 is 0 Å². The van der Waals surface area contributed by atoms with E-state index in [0.717, 1.165) is 17.0 Å². The number of pyridine rings is 1. The number of halogens is 1. The van der Waals surface area contributed by atoms with E-state index in [2.05, 4.69) is 9.97 Å². The highest BCUT2D eigenvalue weighted by atomic mass is 19.1. The minimum absolute atomic E-state index is 0.481. The molecule has 1 aromatic carbocycles. The van der Waals surface area contributed by atoms with Crippen molar-refractivity contribution in [3.8, 4) is 5.69 Å². The fourth-order valence-electron chi connectivity index (χ4n) is 2.45. The Bertz CT molecular complexity index is 816. The van der Waals surface area contributed by atoms with Crippen LogP contribution in [0.2, 0.25) is 0 Å². The first-order chi connectivity index (χ1) is 10.4. The maximum absolute atomic E-state index is 12.7. The molecule has 0 spiro atoms. The van der Waals surface area contributed by atoms with Crippen molar-refractivity contribution in [1.82, 2.24) is 14.5 Å². The van der Waals surface area contributed by atoms with Crippen LogP contribution >= 0.6 is 0 Å². The first-order valence-electron chi connectivity index (χ1n) is 7.14. The number of rotatable bonds is 3. The van der Waals surface area contributed by atoms with Gasteiger partial charge in [-0.15, -0.1) is 0 Å². The molecule has 3 aromatic rings. The number of aromatic nitrogens is 3. The lowest BCUT2D eigenvalue weighted by atomic mass is 10.1. The van der Waals surface area contributed by atoms with Gasteiger partial charge in [-0.3, -0.25) is 4.57 Å². The molecule has 2 heterocycles. The van der Waals surface area contributed by atoms with Gasteiger partial charge in [0, 0.05) is 5.69 Å². The third-order valence-corrected chi connectivity index (χ3v) is 3.65. The normalized spacial score (nSPS) is 12.0. The molecule has 3 rings (SSSR count). The zero-order valence-corrected chi connectivity index (χ0v) is 12.8. The molecule has 0 aliphatic heterocycles. The zero-order chi connectivity index (χ0) is 15.9. The SMILES string of the molecule is Cc1nc2ccc(C(C)(C)O)nc2n1-c1ccc(CF)cc1. The summed E-state index contributed by atoms with van der Waals surface area (Å²) in [5, 5.41) is 10.2. The molecule has 0 aliphatic carbocycles. The highest BCUT2D eigenvalue weighted by molar-refractivity contribution is 5.74. The minimum Gasteiger partial charge on any atom is -0.384 e. The summed E-state index contributed by atoms with van der Waals surface area (Å²) < 4.78 is 14.6. The fourth-order valence-corrected chi connectivity index (χ4v) is 2.45. The second kappa shape index (κ2) is 5.18. The molecule has 0 amide bonds. The number of benzene rings is 1. The van der Waals surface area contributed by atoms with E-state index in [4.69, 9.17) is 0 Å². The molecule has 0 atom stereocenters. The summed E-state index contributed by atoms with van der Waals surface area (Å²) in [7, 11) is 0. The maximum Gasteiger partial charge on any atom is 0.165 e. The topological polar surface area (TPSA) is 50.9 Å². The van der Waals surface area contributed by atoms with Gasteiger partial charge < -0.3 is 5.11 Å². The molecule has 2 aromatic heterocycles. The summed E-state index contributed by atoms with van der Waals surface area (Å²) in [5.74, 6) is 0.795. The van der Waals surface area contributed by atoms with Crippen LogP contribution in [0.15, 0.2) is 36.4 Å². The summed E-state index contributed by atoms with van der Waals surface area (Å²) in [6, 6.07) is 10.8. The summed E-state index contributed by atoms with van der Waals surface area (Å²) in [4.78, 5) is 9.06. The Morgan fingerprint density at radius 1 is 1.09 bits per heavy atom. The predicted molar refractivity (Wildman–Crippen MR) is 83.7 cm³/mol. The van der Waals surface area contributed by atoms with Crippen LogP contribution in [0.5, 0.6) is 0 Å². The lowest BCUT2D eigenvalue weighted by Crippen LogP contribution is -2.17. The van der Waals surface area contributed by atoms with Gasteiger partial charge >= 0.3 is 0 Å². The van der Waals surface area contributed by atoms with Crippen LogP contribution in [0.4, 0.5) is 4.39 Å². The number of hydrogen-bond donors (Lipinski definition) is 1. The molecule has 5 heteroatoms. The van der Waals surface area contributed by atoms with Crippen LogP contribution in [0.25, 0.3) is 16.9 Å². The van der Waals surface area contributed by atoms with Gasteiger partial charge in [-0.05, 0) is 50.6 Å². The van der Waals surface area contributed by atoms with Crippen molar-refractivity contribution in [2.45, 2.75) is 33.0 Å². The third-order valence-electron chi connectivity index (χ3n) is 3.65. The maximum atomic E-state index is 12.7. The predicted octanol–water partition coefficient (Wildman–Crippen LogP) is 3.43. The molecule has 0 fully saturated rings. The lowest BCUT2D eigenvalue weighted by Gasteiger charge is -2.16. The van der Waals surface area contributed by atoms with Gasteiger partial charge in [-0.25, -0.2) is 14.4 Å². The number of hydrogen-bond acceptors (Lipinski definition) is 3. The van der Waals surface area contributed by atoms with Crippen molar-refractivity contribution in [3.63, 3.8) is 0 Å². The lowest BCUT2D eigenvalue weighted by molar-refractivity contribution is 0.0741. The number of imidazole rings is 1.